The van der Waals surface area contributed by atoms with Gasteiger partial charge < -0.3 is 5.32 Å². The third kappa shape index (κ3) is 5.14. The highest BCUT2D eigenvalue weighted by Gasteiger charge is 2.02. The molecular formula is C13H21NS. The Labute approximate surface area is 97.2 Å². The fourth-order valence-electron chi connectivity index (χ4n) is 1.66. The molecule has 0 saturated heterocycles. The molecule has 1 rings (SSSR count). The molecule has 1 unspecified atom stereocenters. The van der Waals surface area contributed by atoms with Gasteiger partial charge in [-0.2, -0.15) is 0 Å². The summed E-state index contributed by atoms with van der Waals surface area (Å²) < 4.78 is 0. The molecule has 84 valence electrons. The number of allylic oxidation sites excluding steroid dienone is 1. The minimum Gasteiger partial charge on any atom is -0.314 e. The maximum Gasteiger partial charge on any atom is 0.0249 e. The molecule has 2 heteroatoms. The van der Waals surface area contributed by atoms with Crippen molar-refractivity contribution in [1.29, 1.82) is 0 Å². The highest BCUT2D eigenvalue weighted by Crippen LogP contribution is 2.13. The number of likely N-dealkylation sites (N-methyl/N-ethyl adjacent to an activating group) is 1. The number of hydrogen-bond donors (Lipinski definition) is 1. The van der Waals surface area contributed by atoms with Crippen LogP contribution in [0.2, 0.25) is 0 Å². The van der Waals surface area contributed by atoms with Crippen molar-refractivity contribution in [1.82, 2.24) is 5.32 Å². The van der Waals surface area contributed by atoms with Gasteiger partial charge >= 0.3 is 0 Å². The molecule has 0 aliphatic heterocycles. The lowest BCUT2D eigenvalue weighted by Gasteiger charge is -2.11. The van der Waals surface area contributed by atoms with E-state index < -0.39 is 0 Å². The van der Waals surface area contributed by atoms with Crippen LogP contribution in [0.5, 0.6) is 0 Å². The van der Waals surface area contributed by atoms with Crippen LogP contribution in [0, 0.1) is 0 Å². The van der Waals surface area contributed by atoms with Crippen molar-refractivity contribution < 1.29 is 0 Å². The molecular weight excluding hydrogens is 202 g/mol. The summed E-state index contributed by atoms with van der Waals surface area (Å²) in [6, 6.07) is 4.89. The van der Waals surface area contributed by atoms with Crippen LogP contribution in [0.1, 0.15) is 31.6 Å². The van der Waals surface area contributed by atoms with Crippen molar-refractivity contribution in [3.05, 3.63) is 34.0 Å². The summed E-state index contributed by atoms with van der Waals surface area (Å²) in [6.07, 6.45) is 6.01. The van der Waals surface area contributed by atoms with Crippen LogP contribution in [-0.2, 0) is 6.42 Å². The van der Waals surface area contributed by atoms with Crippen LogP contribution < -0.4 is 5.32 Å². The third-order valence-corrected chi connectivity index (χ3v) is 3.36. The van der Waals surface area contributed by atoms with E-state index in [-0.39, 0.29) is 0 Å². The smallest absolute Gasteiger partial charge is 0.0249 e. The van der Waals surface area contributed by atoms with Crippen LogP contribution in [0.4, 0.5) is 0 Å². The van der Waals surface area contributed by atoms with E-state index in [4.69, 9.17) is 0 Å². The van der Waals surface area contributed by atoms with Crippen molar-refractivity contribution in [2.45, 2.75) is 39.2 Å². The van der Waals surface area contributed by atoms with E-state index in [0.717, 1.165) is 0 Å². The van der Waals surface area contributed by atoms with Gasteiger partial charge in [0.1, 0.15) is 0 Å². The highest BCUT2D eigenvalue weighted by molar-refractivity contribution is 7.09. The molecule has 0 aliphatic carbocycles. The van der Waals surface area contributed by atoms with E-state index in [1.165, 1.54) is 29.7 Å². The summed E-state index contributed by atoms with van der Waals surface area (Å²) in [7, 11) is 2.04. The molecule has 0 fully saturated rings. The first kappa shape index (κ1) is 12.5. The van der Waals surface area contributed by atoms with Crippen LogP contribution in [0.3, 0.4) is 0 Å². The lowest BCUT2D eigenvalue weighted by atomic mass is 10.1. The van der Waals surface area contributed by atoms with Gasteiger partial charge in [0.25, 0.3) is 0 Å². The molecule has 0 radical (unpaired) electrons. The maximum atomic E-state index is 3.34. The van der Waals surface area contributed by atoms with Gasteiger partial charge in [-0.25, -0.2) is 0 Å². The molecule has 1 atom stereocenters. The number of thiophene rings is 1. The Bertz CT molecular complexity index is 283. The average molecular weight is 223 g/mol. The fraction of sp³-hybridized carbons (Fsp3) is 0.538. The normalized spacial score (nSPS) is 12.5. The molecule has 1 aromatic rings. The summed E-state index contributed by atoms with van der Waals surface area (Å²) in [6.45, 7) is 4.31. The zero-order valence-electron chi connectivity index (χ0n) is 9.92. The Morgan fingerprint density at radius 1 is 1.53 bits per heavy atom. The van der Waals surface area contributed by atoms with Crippen molar-refractivity contribution in [3.63, 3.8) is 0 Å². The highest BCUT2D eigenvalue weighted by atomic mass is 32.1. The largest absolute Gasteiger partial charge is 0.314 e. The van der Waals surface area contributed by atoms with E-state index >= 15 is 0 Å². The van der Waals surface area contributed by atoms with Crippen LogP contribution in [-0.4, -0.2) is 13.1 Å². The monoisotopic (exact) mass is 223 g/mol. The lowest BCUT2D eigenvalue weighted by molar-refractivity contribution is 0.584. The zero-order chi connectivity index (χ0) is 11.1. The van der Waals surface area contributed by atoms with E-state index in [2.05, 4.69) is 42.8 Å². The topological polar surface area (TPSA) is 12.0 Å². The Hall–Kier alpha value is -0.600. The molecule has 0 saturated carbocycles. The fourth-order valence-corrected chi connectivity index (χ4v) is 2.42. The van der Waals surface area contributed by atoms with Crippen molar-refractivity contribution in [3.8, 4) is 0 Å². The molecule has 0 spiro atoms. The summed E-state index contributed by atoms with van der Waals surface area (Å²) in [5.74, 6) is 0. The van der Waals surface area contributed by atoms with Gasteiger partial charge in [-0.15, -0.1) is 11.3 Å². The van der Waals surface area contributed by atoms with Gasteiger partial charge in [0.2, 0.25) is 0 Å². The van der Waals surface area contributed by atoms with Gasteiger partial charge in [0.05, 0.1) is 0 Å². The van der Waals surface area contributed by atoms with Gasteiger partial charge in [0.15, 0.2) is 0 Å². The maximum absolute atomic E-state index is 3.34. The minimum atomic E-state index is 0.537. The third-order valence-electron chi connectivity index (χ3n) is 2.42. The predicted molar refractivity (Wildman–Crippen MR) is 69.5 cm³/mol. The van der Waals surface area contributed by atoms with E-state index in [9.17, 15) is 0 Å². The number of nitrogens with one attached hydrogen (secondary N) is 1. The second-order valence-electron chi connectivity index (χ2n) is 4.11. The van der Waals surface area contributed by atoms with Crippen LogP contribution in [0.25, 0.3) is 0 Å². The standard InChI is InChI=1S/C13H21NS/c1-11(2)10-12(14-3)6-4-7-13-8-5-9-15-13/h5,8-10,12,14H,4,6-7H2,1-3H3. The first-order chi connectivity index (χ1) is 7.22. The van der Waals surface area contributed by atoms with Gasteiger partial charge in [-0.05, 0) is 51.6 Å². The van der Waals surface area contributed by atoms with Crippen LogP contribution in [0.15, 0.2) is 29.2 Å². The zero-order valence-corrected chi connectivity index (χ0v) is 10.7. The molecule has 0 bridgehead atoms. The molecule has 15 heavy (non-hydrogen) atoms. The first-order valence-electron chi connectivity index (χ1n) is 5.57. The van der Waals surface area contributed by atoms with Gasteiger partial charge in [0, 0.05) is 10.9 Å². The molecule has 1 heterocycles. The predicted octanol–water partition coefficient (Wildman–Crippen LogP) is 3.63. The average Bonchev–Trinajstić information content (AvgIpc) is 2.68. The molecule has 0 amide bonds. The SMILES string of the molecule is CNC(C=C(C)C)CCCc1cccs1. The van der Waals surface area contributed by atoms with E-state index in [0.29, 0.717) is 6.04 Å². The molecule has 1 aromatic heterocycles. The molecule has 1 nitrogen and oxygen atoms in total. The lowest BCUT2D eigenvalue weighted by Crippen LogP contribution is -2.22. The summed E-state index contributed by atoms with van der Waals surface area (Å²) in [5, 5.41) is 5.49. The minimum absolute atomic E-state index is 0.537. The second kappa shape index (κ2) is 6.81. The molecule has 0 aromatic carbocycles. The van der Waals surface area contributed by atoms with Gasteiger partial charge in [-0.1, -0.05) is 17.7 Å². The Morgan fingerprint density at radius 3 is 2.87 bits per heavy atom. The Kier molecular flexibility index (Phi) is 5.66. The summed E-state index contributed by atoms with van der Waals surface area (Å²) in [4.78, 5) is 1.50. The first-order valence-corrected chi connectivity index (χ1v) is 6.45. The van der Waals surface area contributed by atoms with E-state index in [1.807, 2.05) is 18.4 Å². The second-order valence-corrected chi connectivity index (χ2v) is 5.14. The quantitative estimate of drug-likeness (QED) is 0.726. The van der Waals surface area contributed by atoms with Gasteiger partial charge in [-0.3, -0.25) is 0 Å². The summed E-state index contributed by atoms with van der Waals surface area (Å²) >= 11 is 1.86. The Balaban J connectivity index is 2.26. The molecule has 0 aliphatic rings. The number of rotatable bonds is 6. The van der Waals surface area contributed by atoms with Crippen molar-refractivity contribution in [2.24, 2.45) is 0 Å². The Morgan fingerprint density at radius 2 is 2.33 bits per heavy atom. The van der Waals surface area contributed by atoms with E-state index in [1.54, 1.807) is 0 Å². The van der Waals surface area contributed by atoms with Crippen molar-refractivity contribution >= 4 is 11.3 Å². The summed E-state index contributed by atoms with van der Waals surface area (Å²) in [5.41, 5.74) is 1.39. The number of aryl methyl sites for hydroxylation is 1. The number of hydrogen-bond acceptors (Lipinski definition) is 2. The van der Waals surface area contributed by atoms with Crippen LogP contribution >= 0.6 is 11.3 Å². The molecule has 1 N–H and O–H groups in total. The van der Waals surface area contributed by atoms with Crippen molar-refractivity contribution in [2.75, 3.05) is 7.05 Å².